The van der Waals surface area contributed by atoms with E-state index in [2.05, 4.69) is 13.2 Å². The van der Waals surface area contributed by atoms with Gasteiger partial charge in [0.2, 0.25) is 0 Å². The SMILES string of the molecule is C=C(C)/C=C(/F)C(=C)C(C)C.CC. The van der Waals surface area contributed by atoms with Gasteiger partial charge >= 0.3 is 0 Å². The average Bonchev–Trinajstić information content (AvgIpc) is 2.05. The Bertz CT molecular complexity index is 197. The first kappa shape index (κ1) is 14.7. The molecule has 76 valence electrons. The minimum absolute atomic E-state index is 0.158. The van der Waals surface area contributed by atoms with Crippen molar-refractivity contribution in [2.45, 2.75) is 34.6 Å². The standard InChI is InChI=1S/C10H15F.C2H6/c1-7(2)6-10(11)9(5)8(3)4;1-2/h6,8H,1,5H2,2-4H3;1-2H3/b10-6+;. The smallest absolute Gasteiger partial charge is 0.126 e. The van der Waals surface area contributed by atoms with E-state index in [1.165, 1.54) is 6.08 Å². The van der Waals surface area contributed by atoms with Crippen LogP contribution in [0, 0.1) is 5.92 Å². The fourth-order valence-corrected chi connectivity index (χ4v) is 0.585. The molecule has 0 N–H and O–H groups in total. The largest absolute Gasteiger partial charge is 0.207 e. The summed E-state index contributed by atoms with van der Waals surface area (Å²) in [6.45, 7) is 16.8. The lowest BCUT2D eigenvalue weighted by Gasteiger charge is -2.05. The van der Waals surface area contributed by atoms with Gasteiger partial charge in [-0.15, -0.1) is 0 Å². The van der Waals surface area contributed by atoms with Gasteiger partial charge in [-0.1, -0.05) is 46.4 Å². The number of halogens is 1. The predicted molar refractivity (Wildman–Crippen MR) is 59.3 cm³/mol. The highest BCUT2D eigenvalue weighted by atomic mass is 19.1. The normalized spacial score (nSPS) is 10.5. The van der Waals surface area contributed by atoms with E-state index in [0.717, 1.165) is 0 Å². The van der Waals surface area contributed by atoms with Crippen LogP contribution in [0.2, 0.25) is 0 Å². The second kappa shape index (κ2) is 7.78. The van der Waals surface area contributed by atoms with Crippen LogP contribution in [0.25, 0.3) is 0 Å². The summed E-state index contributed by atoms with van der Waals surface area (Å²) in [6, 6.07) is 0. The number of rotatable bonds is 3. The van der Waals surface area contributed by atoms with Gasteiger partial charge in [0, 0.05) is 0 Å². The van der Waals surface area contributed by atoms with Crippen LogP contribution in [-0.4, -0.2) is 0 Å². The molecule has 0 unspecified atom stereocenters. The zero-order valence-corrected chi connectivity index (χ0v) is 9.45. The Kier molecular flexibility index (Phi) is 8.78. The first-order valence-electron chi connectivity index (χ1n) is 4.67. The maximum absolute atomic E-state index is 13.0. The Labute approximate surface area is 81.9 Å². The Balaban J connectivity index is 0. The van der Waals surface area contributed by atoms with Crippen molar-refractivity contribution >= 4 is 0 Å². The van der Waals surface area contributed by atoms with Gasteiger partial charge in [-0.05, 0) is 24.5 Å². The number of hydrogen-bond acceptors (Lipinski definition) is 0. The third kappa shape index (κ3) is 7.51. The van der Waals surface area contributed by atoms with Gasteiger partial charge in [-0.25, -0.2) is 4.39 Å². The molecule has 0 aromatic rings. The fourth-order valence-electron chi connectivity index (χ4n) is 0.585. The van der Waals surface area contributed by atoms with Gasteiger partial charge in [-0.2, -0.15) is 0 Å². The van der Waals surface area contributed by atoms with Crippen LogP contribution in [0.5, 0.6) is 0 Å². The molecular formula is C12H21F. The summed E-state index contributed by atoms with van der Waals surface area (Å²) in [5.74, 6) is -0.0990. The lowest BCUT2D eigenvalue weighted by molar-refractivity contribution is 0.609. The van der Waals surface area contributed by atoms with Crippen molar-refractivity contribution in [2.75, 3.05) is 0 Å². The highest BCUT2D eigenvalue weighted by molar-refractivity contribution is 5.29. The Morgan fingerprint density at radius 1 is 1.23 bits per heavy atom. The predicted octanol–water partition coefficient (Wildman–Crippen LogP) is 4.65. The molecule has 1 heteroatoms. The van der Waals surface area contributed by atoms with Crippen molar-refractivity contribution in [2.24, 2.45) is 5.92 Å². The van der Waals surface area contributed by atoms with Crippen molar-refractivity contribution < 1.29 is 4.39 Å². The third-order valence-electron chi connectivity index (χ3n) is 1.38. The first-order valence-corrected chi connectivity index (χ1v) is 4.67. The maximum Gasteiger partial charge on any atom is 0.126 e. The number of hydrogen-bond donors (Lipinski definition) is 0. The van der Waals surface area contributed by atoms with E-state index in [-0.39, 0.29) is 11.7 Å². The lowest BCUT2D eigenvalue weighted by Crippen LogP contribution is -1.92. The summed E-state index contributed by atoms with van der Waals surface area (Å²) in [4.78, 5) is 0. The Morgan fingerprint density at radius 3 is 1.85 bits per heavy atom. The van der Waals surface area contributed by atoms with Crippen molar-refractivity contribution in [3.05, 3.63) is 36.2 Å². The van der Waals surface area contributed by atoms with Crippen LogP contribution in [-0.2, 0) is 0 Å². The molecule has 0 aromatic carbocycles. The molecule has 0 bridgehead atoms. The van der Waals surface area contributed by atoms with E-state index >= 15 is 0 Å². The van der Waals surface area contributed by atoms with Gasteiger partial charge < -0.3 is 0 Å². The van der Waals surface area contributed by atoms with E-state index in [0.29, 0.717) is 11.1 Å². The quantitative estimate of drug-likeness (QED) is 0.560. The third-order valence-corrected chi connectivity index (χ3v) is 1.38. The Morgan fingerprint density at radius 2 is 1.62 bits per heavy atom. The van der Waals surface area contributed by atoms with Crippen LogP contribution in [0.4, 0.5) is 4.39 Å². The highest BCUT2D eigenvalue weighted by Crippen LogP contribution is 2.19. The summed E-state index contributed by atoms with van der Waals surface area (Å²) >= 11 is 0. The summed E-state index contributed by atoms with van der Waals surface area (Å²) in [7, 11) is 0. The molecule has 0 atom stereocenters. The van der Waals surface area contributed by atoms with Gasteiger partial charge in [0.05, 0.1) is 0 Å². The van der Waals surface area contributed by atoms with Crippen LogP contribution < -0.4 is 0 Å². The molecule has 0 rings (SSSR count). The molecule has 0 saturated heterocycles. The van der Waals surface area contributed by atoms with Crippen molar-refractivity contribution in [1.29, 1.82) is 0 Å². The fraction of sp³-hybridized carbons (Fsp3) is 0.500. The molecule has 0 aromatic heterocycles. The maximum atomic E-state index is 13.0. The van der Waals surface area contributed by atoms with Crippen molar-refractivity contribution in [3.63, 3.8) is 0 Å². The summed E-state index contributed by atoms with van der Waals surface area (Å²) in [5.41, 5.74) is 1.25. The van der Waals surface area contributed by atoms with Crippen LogP contribution in [0.3, 0.4) is 0 Å². The molecule has 13 heavy (non-hydrogen) atoms. The molecule has 0 fully saturated rings. The second-order valence-electron chi connectivity index (χ2n) is 3.02. The summed E-state index contributed by atoms with van der Waals surface area (Å²) in [5, 5.41) is 0. The highest BCUT2D eigenvalue weighted by Gasteiger charge is 2.04. The van der Waals surface area contributed by atoms with E-state index < -0.39 is 0 Å². The van der Waals surface area contributed by atoms with Gasteiger partial charge in [0.1, 0.15) is 5.83 Å². The number of allylic oxidation sites excluding steroid dienone is 4. The minimum Gasteiger partial charge on any atom is -0.207 e. The van der Waals surface area contributed by atoms with E-state index in [1.54, 1.807) is 6.92 Å². The topological polar surface area (TPSA) is 0 Å². The molecule has 0 aliphatic rings. The van der Waals surface area contributed by atoms with Crippen LogP contribution >= 0.6 is 0 Å². The molecule has 0 aliphatic carbocycles. The molecule has 0 nitrogen and oxygen atoms in total. The van der Waals surface area contributed by atoms with Crippen molar-refractivity contribution in [1.82, 2.24) is 0 Å². The summed E-state index contributed by atoms with van der Waals surface area (Å²) in [6.07, 6.45) is 1.41. The van der Waals surface area contributed by atoms with Gasteiger partial charge in [-0.3, -0.25) is 0 Å². The monoisotopic (exact) mass is 184 g/mol. The first-order chi connectivity index (χ1) is 5.95. The molecule has 0 heterocycles. The summed E-state index contributed by atoms with van der Waals surface area (Å²) < 4.78 is 13.0. The zero-order chi connectivity index (χ0) is 11.0. The molecule has 0 saturated carbocycles. The molecule has 0 spiro atoms. The van der Waals surface area contributed by atoms with Crippen LogP contribution in [0.1, 0.15) is 34.6 Å². The van der Waals surface area contributed by atoms with Crippen LogP contribution in [0.15, 0.2) is 36.2 Å². The Hall–Kier alpha value is -0.850. The molecule has 0 aliphatic heterocycles. The van der Waals surface area contributed by atoms with E-state index in [1.807, 2.05) is 27.7 Å². The average molecular weight is 184 g/mol. The van der Waals surface area contributed by atoms with Crippen molar-refractivity contribution in [3.8, 4) is 0 Å². The molecular weight excluding hydrogens is 163 g/mol. The molecule has 0 radical (unpaired) electrons. The zero-order valence-electron chi connectivity index (χ0n) is 9.45. The van der Waals surface area contributed by atoms with Gasteiger partial charge in [0.25, 0.3) is 0 Å². The van der Waals surface area contributed by atoms with E-state index in [9.17, 15) is 4.39 Å². The molecule has 0 amide bonds. The minimum atomic E-state index is -0.257. The van der Waals surface area contributed by atoms with E-state index in [4.69, 9.17) is 0 Å². The van der Waals surface area contributed by atoms with Gasteiger partial charge in [0.15, 0.2) is 0 Å². The second-order valence-corrected chi connectivity index (χ2v) is 3.02. The lowest BCUT2D eigenvalue weighted by atomic mass is 10.0.